The fraction of sp³-hybridized carbons (Fsp3) is 0.400. The number of hydrogen-bond donors (Lipinski definition) is 1. The third-order valence-corrected chi connectivity index (χ3v) is 1.99. The molecule has 1 aromatic heterocycles. The third-order valence-electron chi connectivity index (χ3n) is 1.99. The summed E-state index contributed by atoms with van der Waals surface area (Å²) in [6, 6.07) is 3.27. The van der Waals surface area contributed by atoms with E-state index in [1.54, 1.807) is 18.3 Å². The predicted octanol–water partition coefficient (Wildman–Crippen LogP) is 0.722. The minimum atomic E-state index is -0.856. The standard InChI is InChI=1S/C10H13NO4/c1-15-8-4-2-6-11(10(8)14)7-3-5-9(12)13/h2,4,6H,3,5,7H2,1H3,(H,12,13). The maximum absolute atomic E-state index is 11.6. The molecule has 0 aromatic carbocycles. The lowest BCUT2D eigenvalue weighted by Crippen LogP contribution is -2.20. The van der Waals surface area contributed by atoms with Gasteiger partial charge < -0.3 is 14.4 Å². The normalized spacial score (nSPS) is 9.93. The van der Waals surface area contributed by atoms with Crippen LogP contribution in [0.5, 0.6) is 5.75 Å². The minimum absolute atomic E-state index is 0.0592. The van der Waals surface area contributed by atoms with Gasteiger partial charge >= 0.3 is 5.97 Å². The number of hydrogen-bond acceptors (Lipinski definition) is 3. The Morgan fingerprint density at radius 2 is 2.33 bits per heavy atom. The zero-order valence-electron chi connectivity index (χ0n) is 8.47. The van der Waals surface area contributed by atoms with E-state index in [1.165, 1.54) is 11.7 Å². The molecule has 0 aliphatic carbocycles. The van der Waals surface area contributed by atoms with Gasteiger partial charge in [-0.1, -0.05) is 0 Å². The van der Waals surface area contributed by atoms with Crippen molar-refractivity contribution in [3.8, 4) is 5.75 Å². The highest BCUT2D eigenvalue weighted by atomic mass is 16.5. The topological polar surface area (TPSA) is 68.5 Å². The lowest BCUT2D eigenvalue weighted by Gasteiger charge is -2.05. The number of carboxylic acid groups (broad SMARTS) is 1. The van der Waals surface area contributed by atoms with Gasteiger partial charge in [-0.2, -0.15) is 0 Å². The molecule has 1 aromatic rings. The molecule has 82 valence electrons. The van der Waals surface area contributed by atoms with Crippen molar-refractivity contribution in [3.63, 3.8) is 0 Å². The van der Waals surface area contributed by atoms with Crippen molar-refractivity contribution in [1.29, 1.82) is 0 Å². The number of aliphatic carboxylic acids is 1. The van der Waals surface area contributed by atoms with Crippen LogP contribution in [0, 0.1) is 0 Å². The first-order valence-electron chi connectivity index (χ1n) is 4.60. The Kier molecular flexibility index (Phi) is 3.91. The number of rotatable bonds is 5. The fourth-order valence-corrected chi connectivity index (χ4v) is 1.25. The summed E-state index contributed by atoms with van der Waals surface area (Å²) in [7, 11) is 1.43. The lowest BCUT2D eigenvalue weighted by atomic mass is 10.3. The van der Waals surface area contributed by atoms with Crippen LogP contribution >= 0.6 is 0 Å². The number of nitrogens with zero attached hydrogens (tertiary/aromatic N) is 1. The summed E-state index contributed by atoms with van der Waals surface area (Å²) in [5.41, 5.74) is -0.231. The van der Waals surface area contributed by atoms with Crippen molar-refractivity contribution in [2.75, 3.05) is 7.11 Å². The average molecular weight is 211 g/mol. The molecule has 1 rings (SSSR count). The Hall–Kier alpha value is -1.78. The van der Waals surface area contributed by atoms with Gasteiger partial charge in [0, 0.05) is 19.2 Å². The van der Waals surface area contributed by atoms with Crippen LogP contribution in [0.1, 0.15) is 12.8 Å². The molecule has 0 aliphatic rings. The molecular weight excluding hydrogens is 198 g/mol. The van der Waals surface area contributed by atoms with Crippen LogP contribution in [-0.2, 0) is 11.3 Å². The summed E-state index contributed by atoms with van der Waals surface area (Å²) in [5.74, 6) is -0.584. The summed E-state index contributed by atoms with van der Waals surface area (Å²) in [6.45, 7) is 0.391. The molecule has 0 fully saturated rings. The first-order valence-corrected chi connectivity index (χ1v) is 4.60. The van der Waals surface area contributed by atoms with Gasteiger partial charge in [0.15, 0.2) is 5.75 Å². The van der Waals surface area contributed by atoms with E-state index in [4.69, 9.17) is 9.84 Å². The van der Waals surface area contributed by atoms with E-state index < -0.39 is 5.97 Å². The Labute approximate surface area is 86.9 Å². The molecule has 0 saturated heterocycles. The average Bonchev–Trinajstić information content (AvgIpc) is 2.20. The van der Waals surface area contributed by atoms with Gasteiger partial charge in [0.25, 0.3) is 5.56 Å². The monoisotopic (exact) mass is 211 g/mol. The quantitative estimate of drug-likeness (QED) is 0.779. The van der Waals surface area contributed by atoms with Gasteiger partial charge in [-0.25, -0.2) is 0 Å². The molecule has 0 atom stereocenters. The predicted molar refractivity (Wildman–Crippen MR) is 54.1 cm³/mol. The highest BCUT2D eigenvalue weighted by Gasteiger charge is 2.03. The largest absolute Gasteiger partial charge is 0.491 e. The van der Waals surface area contributed by atoms with E-state index in [0.717, 1.165) is 0 Å². The molecule has 0 bridgehead atoms. The first-order chi connectivity index (χ1) is 7.15. The Balaban J connectivity index is 2.69. The summed E-state index contributed by atoms with van der Waals surface area (Å²) in [6.07, 6.45) is 2.11. The van der Waals surface area contributed by atoms with Gasteiger partial charge in [0.1, 0.15) is 0 Å². The maximum Gasteiger partial charge on any atom is 0.303 e. The number of ether oxygens (including phenoxy) is 1. The Morgan fingerprint density at radius 3 is 2.93 bits per heavy atom. The number of pyridine rings is 1. The van der Waals surface area contributed by atoms with E-state index in [0.29, 0.717) is 13.0 Å². The van der Waals surface area contributed by atoms with Crippen molar-refractivity contribution in [2.45, 2.75) is 19.4 Å². The second kappa shape index (κ2) is 5.19. The van der Waals surface area contributed by atoms with Gasteiger partial charge in [0.05, 0.1) is 7.11 Å². The van der Waals surface area contributed by atoms with Gasteiger partial charge in [-0.15, -0.1) is 0 Å². The molecule has 0 saturated carbocycles. The highest BCUT2D eigenvalue weighted by molar-refractivity contribution is 5.66. The molecule has 1 heterocycles. The number of aromatic nitrogens is 1. The van der Waals surface area contributed by atoms with Crippen molar-refractivity contribution >= 4 is 5.97 Å². The Bertz CT molecular complexity index is 397. The molecule has 0 aliphatic heterocycles. The van der Waals surface area contributed by atoms with E-state index >= 15 is 0 Å². The molecule has 1 N–H and O–H groups in total. The van der Waals surface area contributed by atoms with Gasteiger partial charge in [-0.3, -0.25) is 9.59 Å². The second-order valence-electron chi connectivity index (χ2n) is 3.07. The maximum atomic E-state index is 11.6. The SMILES string of the molecule is COc1cccn(CCCC(=O)O)c1=O. The van der Waals surface area contributed by atoms with Crippen LogP contribution in [-0.4, -0.2) is 22.8 Å². The third kappa shape index (κ3) is 3.12. The number of carboxylic acids is 1. The zero-order chi connectivity index (χ0) is 11.3. The Morgan fingerprint density at radius 1 is 1.60 bits per heavy atom. The van der Waals surface area contributed by atoms with Crippen molar-refractivity contribution in [1.82, 2.24) is 4.57 Å². The summed E-state index contributed by atoms with van der Waals surface area (Å²) < 4.78 is 6.31. The fourth-order valence-electron chi connectivity index (χ4n) is 1.25. The molecular formula is C10H13NO4. The van der Waals surface area contributed by atoms with Crippen LogP contribution in [0.3, 0.4) is 0 Å². The van der Waals surface area contributed by atoms with Crippen molar-refractivity contribution in [2.24, 2.45) is 0 Å². The minimum Gasteiger partial charge on any atom is -0.491 e. The summed E-state index contributed by atoms with van der Waals surface area (Å²) in [4.78, 5) is 21.9. The van der Waals surface area contributed by atoms with Crippen LogP contribution < -0.4 is 10.3 Å². The van der Waals surface area contributed by atoms with E-state index in [9.17, 15) is 9.59 Å². The number of carbonyl (C=O) groups is 1. The molecule has 0 unspecified atom stereocenters. The van der Waals surface area contributed by atoms with Crippen LogP contribution in [0.25, 0.3) is 0 Å². The molecule has 0 spiro atoms. The van der Waals surface area contributed by atoms with Gasteiger partial charge in [0.2, 0.25) is 0 Å². The summed E-state index contributed by atoms with van der Waals surface area (Å²) >= 11 is 0. The van der Waals surface area contributed by atoms with E-state index in [1.807, 2.05) is 0 Å². The van der Waals surface area contributed by atoms with Crippen molar-refractivity contribution < 1.29 is 14.6 Å². The smallest absolute Gasteiger partial charge is 0.303 e. The van der Waals surface area contributed by atoms with Crippen LogP contribution in [0.15, 0.2) is 23.1 Å². The van der Waals surface area contributed by atoms with E-state index in [2.05, 4.69) is 0 Å². The lowest BCUT2D eigenvalue weighted by molar-refractivity contribution is -0.137. The highest BCUT2D eigenvalue weighted by Crippen LogP contribution is 2.01. The van der Waals surface area contributed by atoms with Crippen LogP contribution in [0.4, 0.5) is 0 Å². The molecule has 0 amide bonds. The summed E-state index contributed by atoms with van der Waals surface area (Å²) in [5, 5.41) is 8.45. The zero-order valence-corrected chi connectivity index (χ0v) is 8.47. The molecule has 5 nitrogen and oxygen atoms in total. The molecule has 15 heavy (non-hydrogen) atoms. The molecule has 5 heteroatoms. The number of aryl methyl sites for hydroxylation is 1. The number of methoxy groups -OCH3 is 1. The van der Waals surface area contributed by atoms with Gasteiger partial charge in [-0.05, 0) is 18.6 Å². The van der Waals surface area contributed by atoms with E-state index in [-0.39, 0.29) is 17.7 Å². The van der Waals surface area contributed by atoms with Crippen LogP contribution in [0.2, 0.25) is 0 Å². The first kappa shape index (κ1) is 11.3. The molecule has 0 radical (unpaired) electrons. The second-order valence-corrected chi connectivity index (χ2v) is 3.07. The van der Waals surface area contributed by atoms with Crippen molar-refractivity contribution in [3.05, 3.63) is 28.7 Å².